The lowest BCUT2D eigenvalue weighted by Crippen LogP contribution is -2.42. The summed E-state index contributed by atoms with van der Waals surface area (Å²) in [6.45, 7) is 12.5. The van der Waals surface area contributed by atoms with Gasteiger partial charge in [0.1, 0.15) is 12.4 Å². The van der Waals surface area contributed by atoms with Crippen LogP contribution in [0.25, 0.3) is 0 Å². The molecule has 1 aromatic rings. The number of hydrogen-bond acceptors (Lipinski definition) is 3. The smallest absolute Gasteiger partial charge is 0.193 e. The van der Waals surface area contributed by atoms with Crippen molar-refractivity contribution in [2.45, 2.75) is 33.2 Å². The third-order valence-electron chi connectivity index (χ3n) is 3.16. The largest absolute Gasteiger partial charge is 0.492 e. The molecule has 0 atom stereocenters. The highest BCUT2D eigenvalue weighted by atomic mass is 16.5. The van der Waals surface area contributed by atoms with E-state index in [0.717, 1.165) is 37.9 Å². The van der Waals surface area contributed by atoms with Crippen molar-refractivity contribution in [1.29, 1.82) is 0 Å². The molecule has 2 N–H and O–H groups in total. The van der Waals surface area contributed by atoms with E-state index in [1.165, 1.54) is 0 Å². The van der Waals surface area contributed by atoms with Crippen LogP contribution < -0.4 is 15.4 Å². The molecule has 0 aliphatic heterocycles. The van der Waals surface area contributed by atoms with E-state index >= 15 is 0 Å². The van der Waals surface area contributed by atoms with Crippen LogP contribution in [0.5, 0.6) is 5.75 Å². The second-order valence-electron chi connectivity index (χ2n) is 6.50. The molecule has 0 fully saturated rings. The van der Waals surface area contributed by atoms with Gasteiger partial charge in [-0.2, -0.15) is 0 Å². The molecule has 0 radical (unpaired) electrons. The molecule has 23 heavy (non-hydrogen) atoms. The van der Waals surface area contributed by atoms with Gasteiger partial charge in [0.05, 0.1) is 13.1 Å². The molecule has 0 spiro atoms. The van der Waals surface area contributed by atoms with E-state index in [9.17, 15) is 0 Å². The Bertz CT molecular complexity index is 454. The van der Waals surface area contributed by atoms with Gasteiger partial charge in [-0.15, -0.1) is 0 Å². The highest BCUT2D eigenvalue weighted by Crippen LogP contribution is 2.07. The fourth-order valence-electron chi connectivity index (χ4n) is 1.99. The summed E-state index contributed by atoms with van der Waals surface area (Å²) < 4.78 is 5.74. The van der Waals surface area contributed by atoms with Crippen LogP contribution in [-0.2, 0) is 0 Å². The maximum atomic E-state index is 5.74. The van der Waals surface area contributed by atoms with Gasteiger partial charge in [0.15, 0.2) is 5.96 Å². The molecular formula is C18H32N4O. The monoisotopic (exact) mass is 320 g/mol. The van der Waals surface area contributed by atoms with Gasteiger partial charge in [-0.25, -0.2) is 0 Å². The predicted octanol–water partition coefficient (Wildman–Crippen LogP) is 2.35. The van der Waals surface area contributed by atoms with Gasteiger partial charge < -0.3 is 20.3 Å². The summed E-state index contributed by atoms with van der Waals surface area (Å²) in [5, 5.41) is 6.77. The van der Waals surface area contributed by atoms with E-state index in [4.69, 9.17) is 4.74 Å². The molecule has 0 aromatic heterocycles. The van der Waals surface area contributed by atoms with E-state index < -0.39 is 0 Å². The third kappa shape index (κ3) is 9.08. The van der Waals surface area contributed by atoms with Crippen LogP contribution in [0.3, 0.4) is 0 Å². The van der Waals surface area contributed by atoms with Gasteiger partial charge >= 0.3 is 0 Å². The Morgan fingerprint density at radius 2 is 1.91 bits per heavy atom. The summed E-state index contributed by atoms with van der Waals surface area (Å²) in [5.41, 5.74) is 0.128. The van der Waals surface area contributed by atoms with E-state index in [2.05, 4.69) is 48.2 Å². The first-order valence-electron chi connectivity index (χ1n) is 8.34. The van der Waals surface area contributed by atoms with Crippen LogP contribution in [0.2, 0.25) is 0 Å². The zero-order valence-corrected chi connectivity index (χ0v) is 15.2. The first kappa shape index (κ1) is 19.3. The van der Waals surface area contributed by atoms with E-state index in [1.807, 2.05) is 37.4 Å². The Kier molecular flexibility index (Phi) is 8.48. The lowest BCUT2D eigenvalue weighted by Gasteiger charge is -2.23. The number of aliphatic imine (C=N–C) groups is 1. The topological polar surface area (TPSA) is 48.9 Å². The first-order valence-corrected chi connectivity index (χ1v) is 8.34. The average Bonchev–Trinajstić information content (AvgIpc) is 2.50. The number of guanidine groups is 1. The van der Waals surface area contributed by atoms with Crippen molar-refractivity contribution in [3.05, 3.63) is 30.3 Å². The number of nitrogens with zero attached hydrogens (tertiary/aromatic N) is 2. The average molecular weight is 320 g/mol. The molecule has 5 nitrogen and oxygen atoms in total. The normalized spacial score (nSPS) is 12.1. The van der Waals surface area contributed by atoms with Crippen LogP contribution in [0, 0.1) is 0 Å². The second kappa shape index (κ2) is 10.1. The summed E-state index contributed by atoms with van der Waals surface area (Å²) in [6.07, 6.45) is 0. The van der Waals surface area contributed by atoms with Crippen molar-refractivity contribution < 1.29 is 4.74 Å². The molecular weight excluding hydrogens is 288 g/mol. The molecule has 0 unspecified atom stereocenters. The molecule has 0 aliphatic rings. The highest BCUT2D eigenvalue weighted by molar-refractivity contribution is 5.79. The number of likely N-dealkylation sites (N-methyl/N-ethyl adjacent to an activating group) is 1. The summed E-state index contributed by atoms with van der Waals surface area (Å²) >= 11 is 0. The fourth-order valence-corrected chi connectivity index (χ4v) is 1.99. The zero-order valence-electron chi connectivity index (χ0n) is 15.2. The number of ether oxygens (including phenoxy) is 1. The predicted molar refractivity (Wildman–Crippen MR) is 98.3 cm³/mol. The molecule has 0 heterocycles. The van der Waals surface area contributed by atoms with Crippen LogP contribution in [0.1, 0.15) is 27.7 Å². The number of benzene rings is 1. The summed E-state index contributed by atoms with van der Waals surface area (Å²) in [7, 11) is 2.03. The van der Waals surface area contributed by atoms with Crippen molar-refractivity contribution in [1.82, 2.24) is 15.5 Å². The van der Waals surface area contributed by atoms with Crippen LogP contribution in [-0.4, -0.2) is 56.2 Å². The maximum Gasteiger partial charge on any atom is 0.193 e. The molecule has 0 bridgehead atoms. The number of rotatable bonds is 8. The van der Waals surface area contributed by atoms with Gasteiger partial charge in [-0.3, -0.25) is 4.99 Å². The molecule has 0 saturated carbocycles. The maximum absolute atomic E-state index is 5.74. The van der Waals surface area contributed by atoms with Crippen LogP contribution >= 0.6 is 0 Å². The molecule has 130 valence electrons. The van der Waals surface area contributed by atoms with Crippen molar-refractivity contribution >= 4 is 5.96 Å². The molecule has 0 aliphatic carbocycles. The Morgan fingerprint density at radius 1 is 1.22 bits per heavy atom. The Labute approximate surface area is 141 Å². The van der Waals surface area contributed by atoms with Crippen LogP contribution in [0.4, 0.5) is 0 Å². The minimum atomic E-state index is 0.128. The quantitative estimate of drug-likeness (QED) is 0.438. The molecule has 1 aromatic carbocycles. The Balaban J connectivity index is 2.39. The SMILES string of the molecule is CCNC(=NCCNC(C)(C)C)N(C)CCOc1ccccc1. The molecule has 0 saturated heterocycles. The second-order valence-corrected chi connectivity index (χ2v) is 6.50. The number of hydrogen-bond donors (Lipinski definition) is 2. The Hall–Kier alpha value is -1.75. The molecule has 5 heteroatoms. The third-order valence-corrected chi connectivity index (χ3v) is 3.16. The minimum absolute atomic E-state index is 0.128. The standard InChI is InChI=1S/C18H32N4O/c1-6-19-17(20-12-13-21-18(2,3)4)22(5)14-15-23-16-10-8-7-9-11-16/h7-11,21H,6,12-15H2,1-5H3,(H,19,20). The van der Waals surface area contributed by atoms with Gasteiger partial charge in [-0.1, -0.05) is 18.2 Å². The van der Waals surface area contributed by atoms with Crippen molar-refractivity contribution in [2.75, 3.05) is 39.8 Å². The van der Waals surface area contributed by atoms with E-state index in [0.29, 0.717) is 6.61 Å². The fraction of sp³-hybridized carbons (Fsp3) is 0.611. The van der Waals surface area contributed by atoms with E-state index in [1.54, 1.807) is 0 Å². The van der Waals surface area contributed by atoms with Gasteiger partial charge in [0.2, 0.25) is 0 Å². The molecule has 1 rings (SSSR count). The Morgan fingerprint density at radius 3 is 2.52 bits per heavy atom. The lowest BCUT2D eigenvalue weighted by molar-refractivity contribution is 0.281. The minimum Gasteiger partial charge on any atom is -0.492 e. The summed E-state index contributed by atoms with van der Waals surface area (Å²) in [6, 6.07) is 9.88. The number of nitrogens with one attached hydrogen (secondary N) is 2. The van der Waals surface area contributed by atoms with Crippen molar-refractivity contribution in [2.24, 2.45) is 4.99 Å². The lowest BCUT2D eigenvalue weighted by atomic mass is 10.1. The number of para-hydroxylation sites is 1. The molecule has 0 amide bonds. The summed E-state index contributed by atoms with van der Waals surface area (Å²) in [4.78, 5) is 6.76. The summed E-state index contributed by atoms with van der Waals surface area (Å²) in [5.74, 6) is 1.82. The van der Waals surface area contributed by atoms with Crippen molar-refractivity contribution in [3.63, 3.8) is 0 Å². The highest BCUT2D eigenvalue weighted by Gasteiger charge is 2.08. The van der Waals surface area contributed by atoms with Gasteiger partial charge in [0.25, 0.3) is 0 Å². The van der Waals surface area contributed by atoms with Gasteiger partial charge in [0, 0.05) is 25.7 Å². The van der Waals surface area contributed by atoms with Crippen molar-refractivity contribution in [3.8, 4) is 5.75 Å². The first-order chi connectivity index (χ1) is 10.9. The van der Waals surface area contributed by atoms with Crippen LogP contribution in [0.15, 0.2) is 35.3 Å². The zero-order chi connectivity index (χ0) is 17.1. The van der Waals surface area contributed by atoms with Gasteiger partial charge in [-0.05, 0) is 39.8 Å². The van der Waals surface area contributed by atoms with E-state index in [-0.39, 0.29) is 5.54 Å².